The van der Waals surface area contributed by atoms with Gasteiger partial charge in [-0.1, -0.05) is 0 Å². The number of ether oxygens (including phenoxy) is 2. The molecule has 3 aliphatic rings. The Labute approximate surface area is 93.5 Å². The Morgan fingerprint density at radius 1 is 0.938 bits per heavy atom. The second kappa shape index (κ2) is 4.56. The van der Waals surface area contributed by atoms with Crippen molar-refractivity contribution in [3.8, 4) is 0 Å². The molecule has 6 nitrogen and oxygen atoms in total. The Morgan fingerprint density at radius 3 is 2.38 bits per heavy atom. The van der Waals surface area contributed by atoms with Crippen molar-refractivity contribution in [1.29, 1.82) is 0 Å². The average Bonchev–Trinajstić information content (AvgIpc) is 2.97. The second-order valence-corrected chi connectivity index (χ2v) is 4.46. The number of hydrogen-bond acceptors (Lipinski definition) is 6. The summed E-state index contributed by atoms with van der Waals surface area (Å²) in [6.45, 7) is 2.05. The SMILES string of the molecule is C[C@@H]1OO[C@@H](C2CCC(C3OCOO3)C2)O1. The van der Waals surface area contributed by atoms with Crippen LogP contribution in [0, 0.1) is 11.8 Å². The van der Waals surface area contributed by atoms with Gasteiger partial charge in [0.2, 0.25) is 0 Å². The molecular weight excluding hydrogens is 216 g/mol. The van der Waals surface area contributed by atoms with E-state index in [1.165, 1.54) is 0 Å². The first-order valence-electron chi connectivity index (χ1n) is 5.70. The topological polar surface area (TPSA) is 55.4 Å². The molecule has 6 heteroatoms. The standard InChI is InChI=1S/C10H16O6/c1-6-13-10(16-14-6)8-3-2-7(4-8)9-11-5-12-15-9/h6-10H,2-5H2,1H3/t6-,7?,8?,9?,10-/m0/s1. The van der Waals surface area contributed by atoms with Gasteiger partial charge in [0.1, 0.15) is 0 Å². The molecule has 0 radical (unpaired) electrons. The summed E-state index contributed by atoms with van der Waals surface area (Å²) in [7, 11) is 0. The minimum Gasteiger partial charge on any atom is -0.320 e. The van der Waals surface area contributed by atoms with Crippen molar-refractivity contribution < 1.29 is 29.0 Å². The molecular formula is C10H16O6. The van der Waals surface area contributed by atoms with E-state index in [9.17, 15) is 0 Å². The van der Waals surface area contributed by atoms with Gasteiger partial charge in [-0.3, -0.25) is 0 Å². The highest BCUT2D eigenvalue weighted by Gasteiger charge is 2.41. The fraction of sp³-hybridized carbons (Fsp3) is 1.00. The lowest BCUT2D eigenvalue weighted by Gasteiger charge is -2.16. The molecule has 3 rings (SSSR count). The van der Waals surface area contributed by atoms with Crippen LogP contribution in [0.5, 0.6) is 0 Å². The van der Waals surface area contributed by atoms with Crippen LogP contribution in [0.2, 0.25) is 0 Å². The first-order chi connectivity index (χ1) is 7.83. The van der Waals surface area contributed by atoms with Gasteiger partial charge < -0.3 is 9.47 Å². The summed E-state index contributed by atoms with van der Waals surface area (Å²) >= 11 is 0. The molecule has 16 heavy (non-hydrogen) atoms. The molecule has 2 heterocycles. The van der Waals surface area contributed by atoms with Crippen LogP contribution < -0.4 is 0 Å². The smallest absolute Gasteiger partial charge is 0.197 e. The lowest BCUT2D eigenvalue weighted by Crippen LogP contribution is -2.23. The Kier molecular flexibility index (Phi) is 3.10. The largest absolute Gasteiger partial charge is 0.320 e. The van der Waals surface area contributed by atoms with E-state index in [4.69, 9.17) is 29.0 Å². The summed E-state index contributed by atoms with van der Waals surface area (Å²) in [6, 6.07) is 0. The fourth-order valence-electron chi connectivity index (χ4n) is 2.54. The normalized spacial score (nSPS) is 48.9. The molecule has 0 N–H and O–H groups in total. The molecule has 5 atom stereocenters. The van der Waals surface area contributed by atoms with Crippen LogP contribution >= 0.6 is 0 Å². The van der Waals surface area contributed by atoms with Gasteiger partial charge in [-0.2, -0.15) is 0 Å². The number of hydrogen-bond donors (Lipinski definition) is 0. The third-order valence-electron chi connectivity index (χ3n) is 3.34. The Bertz CT molecular complexity index is 241. The van der Waals surface area contributed by atoms with Crippen molar-refractivity contribution in [2.24, 2.45) is 11.8 Å². The highest BCUT2D eigenvalue weighted by atomic mass is 17.3. The fourth-order valence-corrected chi connectivity index (χ4v) is 2.54. The van der Waals surface area contributed by atoms with Gasteiger partial charge in [0.15, 0.2) is 25.7 Å². The molecule has 0 aromatic heterocycles. The van der Waals surface area contributed by atoms with Crippen LogP contribution in [-0.4, -0.2) is 25.7 Å². The maximum absolute atomic E-state index is 5.50. The summed E-state index contributed by atoms with van der Waals surface area (Å²) < 4.78 is 10.8. The molecule has 2 saturated heterocycles. The molecule has 0 spiro atoms. The van der Waals surface area contributed by atoms with Crippen molar-refractivity contribution in [1.82, 2.24) is 0 Å². The highest BCUT2D eigenvalue weighted by Crippen LogP contribution is 2.40. The summed E-state index contributed by atoms with van der Waals surface area (Å²) in [5.41, 5.74) is 0. The van der Waals surface area contributed by atoms with Gasteiger partial charge in [-0.15, -0.1) is 0 Å². The van der Waals surface area contributed by atoms with Gasteiger partial charge in [-0.25, -0.2) is 19.6 Å². The Hall–Kier alpha value is -0.240. The predicted octanol–water partition coefficient (Wildman–Crippen LogP) is 1.32. The number of rotatable bonds is 2. The maximum Gasteiger partial charge on any atom is 0.197 e. The lowest BCUT2D eigenvalue weighted by molar-refractivity contribution is -0.302. The molecule has 0 aromatic carbocycles. The molecule has 0 amide bonds. The lowest BCUT2D eigenvalue weighted by atomic mass is 10.0. The minimum atomic E-state index is -0.272. The van der Waals surface area contributed by atoms with E-state index in [1.807, 2.05) is 6.92 Å². The summed E-state index contributed by atoms with van der Waals surface area (Å²) in [6.07, 6.45) is 2.28. The third-order valence-corrected chi connectivity index (χ3v) is 3.34. The molecule has 2 aliphatic heterocycles. The van der Waals surface area contributed by atoms with E-state index in [0.29, 0.717) is 11.8 Å². The van der Waals surface area contributed by atoms with Gasteiger partial charge >= 0.3 is 0 Å². The van der Waals surface area contributed by atoms with Crippen LogP contribution in [0.25, 0.3) is 0 Å². The molecule has 92 valence electrons. The van der Waals surface area contributed by atoms with Crippen LogP contribution in [0.15, 0.2) is 0 Å². The molecule has 1 aliphatic carbocycles. The van der Waals surface area contributed by atoms with Crippen molar-refractivity contribution >= 4 is 0 Å². The maximum atomic E-state index is 5.50. The van der Waals surface area contributed by atoms with Crippen molar-refractivity contribution in [3.63, 3.8) is 0 Å². The first-order valence-corrected chi connectivity index (χ1v) is 5.70. The van der Waals surface area contributed by atoms with Gasteiger partial charge in [-0.05, 0) is 26.2 Å². The summed E-state index contributed by atoms with van der Waals surface area (Å²) in [5.74, 6) is 0.707. The van der Waals surface area contributed by atoms with E-state index in [0.717, 1.165) is 19.3 Å². The second-order valence-electron chi connectivity index (χ2n) is 4.46. The van der Waals surface area contributed by atoms with Crippen molar-refractivity contribution in [2.45, 2.75) is 45.1 Å². The zero-order valence-electron chi connectivity index (χ0n) is 9.16. The zero-order chi connectivity index (χ0) is 11.0. The highest BCUT2D eigenvalue weighted by molar-refractivity contribution is 4.80. The quantitative estimate of drug-likeness (QED) is 0.669. The predicted molar refractivity (Wildman–Crippen MR) is 49.2 cm³/mol. The van der Waals surface area contributed by atoms with E-state index < -0.39 is 0 Å². The molecule has 3 unspecified atom stereocenters. The summed E-state index contributed by atoms with van der Waals surface area (Å²) in [4.78, 5) is 19.8. The Balaban J connectivity index is 1.52. The summed E-state index contributed by atoms with van der Waals surface area (Å²) in [5, 5.41) is 0. The van der Waals surface area contributed by atoms with Gasteiger partial charge in [0.25, 0.3) is 0 Å². The van der Waals surface area contributed by atoms with Gasteiger partial charge in [0, 0.05) is 11.8 Å². The van der Waals surface area contributed by atoms with E-state index >= 15 is 0 Å². The van der Waals surface area contributed by atoms with E-state index in [2.05, 4.69) is 0 Å². The van der Waals surface area contributed by atoms with Crippen LogP contribution in [0.3, 0.4) is 0 Å². The molecule has 3 fully saturated rings. The minimum absolute atomic E-state index is 0.225. The molecule has 0 aromatic rings. The average molecular weight is 232 g/mol. The van der Waals surface area contributed by atoms with E-state index in [1.54, 1.807) is 0 Å². The monoisotopic (exact) mass is 232 g/mol. The van der Waals surface area contributed by atoms with Crippen molar-refractivity contribution in [2.75, 3.05) is 6.79 Å². The van der Waals surface area contributed by atoms with Crippen molar-refractivity contribution in [3.05, 3.63) is 0 Å². The van der Waals surface area contributed by atoms with Crippen LogP contribution in [0.4, 0.5) is 0 Å². The molecule has 1 saturated carbocycles. The van der Waals surface area contributed by atoms with Crippen LogP contribution in [0.1, 0.15) is 26.2 Å². The Morgan fingerprint density at radius 2 is 1.75 bits per heavy atom. The van der Waals surface area contributed by atoms with Crippen LogP contribution in [-0.2, 0) is 29.0 Å². The van der Waals surface area contributed by atoms with E-state index in [-0.39, 0.29) is 25.7 Å². The third kappa shape index (κ3) is 2.09. The zero-order valence-corrected chi connectivity index (χ0v) is 9.16. The molecule has 0 bridgehead atoms. The van der Waals surface area contributed by atoms with Gasteiger partial charge in [0.05, 0.1) is 0 Å². The first kappa shape index (κ1) is 10.9.